The van der Waals surface area contributed by atoms with Crippen LogP contribution in [-0.4, -0.2) is 0 Å². The van der Waals surface area contributed by atoms with Gasteiger partial charge in [-0.05, 0) is 90.3 Å². The molecule has 36 heavy (non-hydrogen) atoms. The van der Waals surface area contributed by atoms with Crippen LogP contribution in [0.4, 0.5) is 0 Å². The minimum absolute atomic E-state index is 0.0876. The molecule has 0 radical (unpaired) electrons. The largest absolute Gasteiger partial charge is 0.143 e. The third-order valence-corrected chi connectivity index (χ3v) is 8.19. The Morgan fingerprint density at radius 1 is 0.472 bits per heavy atom. The molecular weight excluding hydrogens is 452 g/mol. The zero-order valence-electron chi connectivity index (χ0n) is 20.4. The predicted octanol–water partition coefficient (Wildman–Crippen LogP) is 9.92. The van der Waals surface area contributed by atoms with Crippen LogP contribution in [0.15, 0.2) is 120 Å². The molecule has 1 heteroatoms. The molecule has 172 valence electrons. The fraction of sp³-hybridized carbons (Fsp3) is 0.0857. The third kappa shape index (κ3) is 3.16. The van der Waals surface area contributed by atoms with E-state index in [2.05, 4.69) is 129 Å². The number of fused-ring (bicyclic) bond motifs is 5. The maximum Gasteiger partial charge on any atom is 0.0159 e. The van der Waals surface area contributed by atoms with Gasteiger partial charge >= 0.3 is 0 Å². The Hall–Kier alpha value is -3.81. The zero-order chi connectivity index (χ0) is 24.4. The van der Waals surface area contributed by atoms with Crippen LogP contribution in [0, 0.1) is 0 Å². The summed E-state index contributed by atoms with van der Waals surface area (Å²) in [6.45, 7) is 4.73. The molecule has 0 aromatic heterocycles. The smallest absolute Gasteiger partial charge is 0.0159 e. The summed E-state index contributed by atoms with van der Waals surface area (Å²) < 4.78 is 0. The fourth-order valence-corrected chi connectivity index (χ4v) is 6.35. The highest BCUT2D eigenvalue weighted by atomic mass is 32.1. The van der Waals surface area contributed by atoms with E-state index in [1.54, 1.807) is 0 Å². The minimum Gasteiger partial charge on any atom is -0.143 e. The lowest BCUT2D eigenvalue weighted by Gasteiger charge is -2.23. The molecule has 0 spiro atoms. The lowest BCUT2D eigenvalue weighted by molar-refractivity contribution is 0.661. The topological polar surface area (TPSA) is 0 Å². The van der Waals surface area contributed by atoms with Crippen LogP contribution < -0.4 is 0 Å². The monoisotopic (exact) mass is 478 g/mol. The van der Waals surface area contributed by atoms with Crippen molar-refractivity contribution in [3.05, 3.63) is 126 Å². The molecule has 0 N–H and O–H groups in total. The van der Waals surface area contributed by atoms with Crippen molar-refractivity contribution in [3.63, 3.8) is 0 Å². The molecule has 0 saturated heterocycles. The van der Waals surface area contributed by atoms with Crippen molar-refractivity contribution in [2.45, 2.75) is 24.2 Å². The van der Waals surface area contributed by atoms with Crippen LogP contribution in [0.2, 0.25) is 0 Å². The van der Waals surface area contributed by atoms with Gasteiger partial charge in [0.15, 0.2) is 0 Å². The first kappa shape index (κ1) is 21.5. The van der Waals surface area contributed by atoms with E-state index in [0.717, 1.165) is 4.90 Å². The first-order valence-electron chi connectivity index (χ1n) is 12.5. The van der Waals surface area contributed by atoms with Gasteiger partial charge in [0, 0.05) is 10.3 Å². The van der Waals surface area contributed by atoms with E-state index in [-0.39, 0.29) is 5.41 Å². The van der Waals surface area contributed by atoms with Crippen molar-refractivity contribution in [1.29, 1.82) is 0 Å². The van der Waals surface area contributed by atoms with E-state index >= 15 is 0 Å². The van der Waals surface area contributed by atoms with Gasteiger partial charge in [-0.25, -0.2) is 0 Å². The summed E-state index contributed by atoms with van der Waals surface area (Å²) in [6, 6.07) is 42.2. The van der Waals surface area contributed by atoms with Gasteiger partial charge in [0.2, 0.25) is 0 Å². The van der Waals surface area contributed by atoms with E-state index < -0.39 is 0 Å². The molecule has 0 atom stereocenters. The highest BCUT2D eigenvalue weighted by molar-refractivity contribution is 7.80. The van der Waals surface area contributed by atoms with Crippen LogP contribution in [-0.2, 0) is 5.41 Å². The summed E-state index contributed by atoms with van der Waals surface area (Å²) in [6.07, 6.45) is 0. The molecule has 0 amide bonds. The van der Waals surface area contributed by atoms with Crippen molar-refractivity contribution in [3.8, 4) is 33.4 Å². The Kier molecular flexibility index (Phi) is 4.68. The molecule has 0 unspecified atom stereocenters. The van der Waals surface area contributed by atoms with E-state index in [0.29, 0.717) is 0 Å². The molecule has 0 heterocycles. The Morgan fingerprint density at radius 2 is 1.03 bits per heavy atom. The highest BCUT2D eigenvalue weighted by Gasteiger charge is 2.36. The summed E-state index contributed by atoms with van der Waals surface area (Å²) in [5, 5.41) is 5.07. The number of hydrogen-bond acceptors (Lipinski definition) is 1. The normalized spacial score (nSPS) is 13.6. The van der Waals surface area contributed by atoms with E-state index in [4.69, 9.17) is 12.6 Å². The average molecular weight is 479 g/mol. The Balaban J connectivity index is 1.39. The van der Waals surface area contributed by atoms with Gasteiger partial charge in [0.1, 0.15) is 0 Å². The zero-order valence-corrected chi connectivity index (χ0v) is 21.3. The second kappa shape index (κ2) is 7.85. The highest BCUT2D eigenvalue weighted by Crippen LogP contribution is 2.51. The summed E-state index contributed by atoms with van der Waals surface area (Å²) in [5.41, 5.74) is 10.4. The summed E-state index contributed by atoms with van der Waals surface area (Å²) in [7, 11) is 0. The van der Waals surface area contributed by atoms with Crippen molar-refractivity contribution in [2.75, 3.05) is 0 Å². The third-order valence-electron chi connectivity index (χ3n) is 7.93. The first-order chi connectivity index (χ1) is 17.5. The molecule has 0 fully saturated rings. The maximum absolute atomic E-state index is 4.71. The lowest BCUT2D eigenvalue weighted by atomic mass is 9.80. The Labute approximate surface area is 217 Å². The number of benzene rings is 6. The van der Waals surface area contributed by atoms with Crippen molar-refractivity contribution in [2.24, 2.45) is 0 Å². The SMILES string of the molecule is CC1(C)c2cc(-c3cccc4ccccc34)ccc2-c2ccc(-c3cc(S)cc4ccccc34)cc21. The number of thiol groups is 1. The van der Waals surface area contributed by atoms with Crippen LogP contribution in [0.3, 0.4) is 0 Å². The Bertz CT molecular complexity index is 1820. The van der Waals surface area contributed by atoms with Gasteiger partial charge in [0.25, 0.3) is 0 Å². The molecule has 0 nitrogen and oxygen atoms in total. The molecule has 0 aliphatic heterocycles. The fourth-order valence-electron chi connectivity index (χ4n) is 6.08. The number of rotatable bonds is 2. The summed E-state index contributed by atoms with van der Waals surface area (Å²) in [4.78, 5) is 0.992. The minimum atomic E-state index is -0.0876. The second-order valence-electron chi connectivity index (χ2n) is 10.4. The first-order valence-corrected chi connectivity index (χ1v) is 13.0. The molecule has 6 aromatic rings. The van der Waals surface area contributed by atoms with E-state index in [1.165, 1.54) is 66.1 Å². The van der Waals surface area contributed by atoms with Crippen LogP contribution in [0.1, 0.15) is 25.0 Å². The lowest BCUT2D eigenvalue weighted by Crippen LogP contribution is -2.15. The van der Waals surface area contributed by atoms with Crippen molar-refractivity contribution < 1.29 is 0 Å². The molecule has 1 aliphatic carbocycles. The van der Waals surface area contributed by atoms with Crippen LogP contribution >= 0.6 is 12.6 Å². The van der Waals surface area contributed by atoms with Gasteiger partial charge in [-0.2, -0.15) is 0 Å². The van der Waals surface area contributed by atoms with Gasteiger partial charge in [0.05, 0.1) is 0 Å². The van der Waals surface area contributed by atoms with Crippen molar-refractivity contribution in [1.82, 2.24) is 0 Å². The molecule has 0 saturated carbocycles. The Morgan fingerprint density at radius 3 is 1.72 bits per heavy atom. The predicted molar refractivity (Wildman–Crippen MR) is 157 cm³/mol. The summed E-state index contributed by atoms with van der Waals surface area (Å²) in [5.74, 6) is 0. The van der Waals surface area contributed by atoms with E-state index in [9.17, 15) is 0 Å². The molecular formula is C35H26S. The summed E-state index contributed by atoms with van der Waals surface area (Å²) >= 11 is 4.71. The molecule has 7 rings (SSSR count). The van der Waals surface area contributed by atoms with Crippen molar-refractivity contribution >= 4 is 34.2 Å². The van der Waals surface area contributed by atoms with Gasteiger partial charge in [-0.1, -0.05) is 105 Å². The van der Waals surface area contributed by atoms with E-state index in [1.807, 2.05) is 0 Å². The molecule has 0 bridgehead atoms. The average Bonchev–Trinajstić information content (AvgIpc) is 3.13. The quantitative estimate of drug-likeness (QED) is 0.235. The van der Waals surface area contributed by atoms with Gasteiger partial charge in [-0.15, -0.1) is 12.6 Å². The van der Waals surface area contributed by atoms with Crippen LogP contribution in [0.25, 0.3) is 54.9 Å². The molecule has 1 aliphatic rings. The number of hydrogen-bond donors (Lipinski definition) is 1. The maximum atomic E-state index is 4.71. The molecule has 6 aromatic carbocycles. The standard InChI is InChI=1S/C35H26S/c1-35(2)33-19-24(28-13-7-10-22-8-3-5-11-27(22)28)14-16-30(33)31-17-15-25(20-34(31)35)32-21-26(36)18-23-9-4-6-12-29(23)32/h3-21,36H,1-2H3. The second-order valence-corrected chi connectivity index (χ2v) is 10.9. The van der Waals surface area contributed by atoms with Crippen LogP contribution in [0.5, 0.6) is 0 Å². The van der Waals surface area contributed by atoms with Gasteiger partial charge in [-0.3, -0.25) is 0 Å². The van der Waals surface area contributed by atoms with Gasteiger partial charge < -0.3 is 0 Å².